The number of carbonyl (C=O) groups is 2. The third-order valence-corrected chi connectivity index (χ3v) is 12.3. The number of aliphatic hydroxyl groups is 1. The van der Waals surface area contributed by atoms with Gasteiger partial charge in [-0.25, -0.2) is 0 Å². The molecule has 2 aliphatic heterocycles. The van der Waals surface area contributed by atoms with Crippen LogP contribution in [0.15, 0.2) is 102 Å². The highest BCUT2D eigenvalue weighted by Crippen LogP contribution is 2.60. The van der Waals surface area contributed by atoms with E-state index >= 15 is 4.11 Å². The molecule has 6 rings (SSSR count). The quantitative estimate of drug-likeness (QED) is 0.164. The minimum Gasteiger partial charge on any atom is -0.491 e. The third kappa shape index (κ3) is 6.34. The van der Waals surface area contributed by atoms with Crippen LogP contribution in [0.3, 0.4) is 0 Å². The van der Waals surface area contributed by atoms with Gasteiger partial charge in [0.1, 0.15) is 0 Å². The lowest BCUT2D eigenvalue weighted by Crippen LogP contribution is -2.45. The Hall–Kier alpha value is -4.58. The molecule has 0 saturated carbocycles. The maximum absolute atomic E-state index is 16.3. The van der Waals surface area contributed by atoms with E-state index in [0.29, 0.717) is 23.5 Å². The first-order valence-corrected chi connectivity index (χ1v) is 19.5. The molecule has 9 nitrogen and oxygen atoms in total. The van der Waals surface area contributed by atoms with Crippen LogP contribution < -0.4 is 15.2 Å². The van der Waals surface area contributed by atoms with Crippen LogP contribution in [0.2, 0.25) is 18.6 Å². The number of amides is 2. The number of benzene rings is 3. The number of fused-ring (bicyclic) bond motifs is 2. The van der Waals surface area contributed by atoms with E-state index in [1.807, 2.05) is 85.8 Å². The molecule has 1 fully saturated rings. The molecule has 49 heavy (non-hydrogen) atoms. The molecule has 3 aromatic carbocycles. The topological polar surface area (TPSA) is 101 Å². The molecule has 0 radical (unpaired) electrons. The van der Waals surface area contributed by atoms with Gasteiger partial charge in [0.05, 0.1) is 38.5 Å². The predicted octanol–water partition coefficient (Wildman–Crippen LogP) is 5.58. The number of carbonyl (C=O) groups excluding carboxylic acids is 2. The van der Waals surface area contributed by atoms with Gasteiger partial charge in [0.15, 0.2) is 11.4 Å². The van der Waals surface area contributed by atoms with Crippen LogP contribution in [-0.2, 0) is 33.0 Å². The van der Waals surface area contributed by atoms with E-state index in [9.17, 15) is 19.5 Å². The fourth-order valence-corrected chi connectivity index (χ4v) is 10.2. The van der Waals surface area contributed by atoms with E-state index in [2.05, 4.69) is 0 Å². The summed E-state index contributed by atoms with van der Waals surface area (Å²) in [5, 5.41) is 9.78. The van der Waals surface area contributed by atoms with Gasteiger partial charge in [-0.15, -0.1) is 0 Å². The highest BCUT2D eigenvalue weighted by atomic mass is 28.4. The van der Waals surface area contributed by atoms with Crippen LogP contribution in [0.5, 0.6) is 5.75 Å². The van der Waals surface area contributed by atoms with E-state index in [1.165, 1.54) is 11.7 Å². The minimum atomic E-state index is -3.50. The van der Waals surface area contributed by atoms with E-state index in [1.54, 1.807) is 41.2 Å². The zero-order chi connectivity index (χ0) is 34.9. The number of aliphatic hydroxyl groups excluding tert-OH is 1. The van der Waals surface area contributed by atoms with Gasteiger partial charge in [0, 0.05) is 42.0 Å². The van der Waals surface area contributed by atoms with Crippen molar-refractivity contribution < 1.29 is 28.3 Å². The molecule has 256 valence electrons. The van der Waals surface area contributed by atoms with Gasteiger partial charge in [-0.1, -0.05) is 67.6 Å². The van der Waals surface area contributed by atoms with Crippen molar-refractivity contribution >= 4 is 25.9 Å². The highest BCUT2D eigenvalue weighted by Gasteiger charge is 2.67. The summed E-state index contributed by atoms with van der Waals surface area (Å²) in [7, 11) is -2.05. The molecule has 2 amide bonds. The molecule has 1 saturated heterocycles. The van der Waals surface area contributed by atoms with Crippen molar-refractivity contribution in [3.63, 3.8) is 0 Å². The van der Waals surface area contributed by atoms with Crippen molar-refractivity contribution in [1.82, 2.24) is 9.47 Å². The van der Waals surface area contributed by atoms with Crippen LogP contribution in [0.1, 0.15) is 30.0 Å². The highest BCUT2D eigenvalue weighted by molar-refractivity contribution is 6.72. The van der Waals surface area contributed by atoms with Crippen molar-refractivity contribution in [2.24, 2.45) is 5.92 Å². The van der Waals surface area contributed by atoms with Gasteiger partial charge >= 0.3 is 0 Å². The molecule has 4 atom stereocenters. The Morgan fingerprint density at radius 2 is 1.71 bits per heavy atom. The lowest BCUT2D eigenvalue weighted by Gasteiger charge is -2.31. The van der Waals surface area contributed by atoms with Crippen LogP contribution >= 0.6 is 0 Å². The number of methoxy groups -OCH3 is 1. The molecule has 1 spiro atoms. The number of nitrogens with zero attached hydrogens (tertiary/aromatic N) is 3. The Kier molecular flexibility index (Phi) is 9.61. The van der Waals surface area contributed by atoms with Crippen molar-refractivity contribution in [2.45, 2.75) is 56.8 Å². The molecule has 4 aromatic rings. The van der Waals surface area contributed by atoms with Gasteiger partial charge < -0.3 is 28.5 Å². The summed E-state index contributed by atoms with van der Waals surface area (Å²) >= 11 is 0. The Morgan fingerprint density at radius 3 is 2.43 bits per heavy atom. The Labute approximate surface area is 286 Å². The summed E-state index contributed by atoms with van der Waals surface area (Å²) in [6.07, 6.45) is 0.706. The fourth-order valence-electron chi connectivity index (χ4n) is 7.70. The zero-order valence-corrected chi connectivity index (χ0v) is 29.2. The molecule has 11 heteroatoms. The lowest BCUT2D eigenvalue weighted by atomic mass is 9.82. The Balaban J connectivity index is 1.32. The summed E-state index contributed by atoms with van der Waals surface area (Å²) in [5.41, 5.74) is 1.20. The number of halogens is 1. The smallest absolute Gasteiger partial charge is 0.297 e. The minimum absolute atomic E-state index is 0.114. The average Bonchev–Trinajstić information content (AvgIpc) is 3.51. The third-order valence-electron chi connectivity index (χ3n) is 9.84. The standard InChI is InChI=1S/C38H42FN3O6Si/c1-26-35(49(3,4)39)33(23-34(44)40(20-21-43)24-27-12-6-5-7-13-27)48-38(26)30-16-8-9-17-31(30)42(37(38)46)25-28-14-10-15-29(22-28)41-19-11-18-32(47-2)36(41)45/h5-19,22,26,33,35,43H,20-21,23-25H2,1-4H3/t26-,33+,35-,38+/m0/s1. The average molecular weight is 684 g/mol. The number of ether oxygens (including phenoxy) is 2. The summed E-state index contributed by atoms with van der Waals surface area (Å²) in [5.74, 6) is -0.916. The molecule has 3 heterocycles. The normalized spacial score (nSPS) is 21.6. The molecule has 1 aromatic heterocycles. The molecular formula is C38H42FN3O6Si. The van der Waals surface area contributed by atoms with E-state index in [-0.39, 0.29) is 49.2 Å². The molecule has 1 N–H and O–H groups in total. The Bertz CT molecular complexity index is 1900. The van der Waals surface area contributed by atoms with Crippen LogP contribution in [0.25, 0.3) is 5.69 Å². The number of anilines is 1. The van der Waals surface area contributed by atoms with E-state index in [4.69, 9.17) is 9.47 Å². The van der Waals surface area contributed by atoms with Crippen LogP contribution in [-0.4, -0.2) is 61.2 Å². The molecule has 2 aliphatic rings. The summed E-state index contributed by atoms with van der Waals surface area (Å²) in [6.45, 7) is 5.48. The maximum atomic E-state index is 16.3. The number of aromatic nitrogens is 1. The maximum Gasteiger partial charge on any atom is 0.297 e. The van der Waals surface area contributed by atoms with Gasteiger partial charge in [-0.2, -0.15) is 0 Å². The second kappa shape index (κ2) is 13.7. The summed E-state index contributed by atoms with van der Waals surface area (Å²) in [4.78, 5) is 44.8. The van der Waals surface area contributed by atoms with Crippen molar-refractivity contribution in [3.8, 4) is 11.4 Å². The Morgan fingerprint density at radius 1 is 1.00 bits per heavy atom. The predicted molar refractivity (Wildman–Crippen MR) is 188 cm³/mol. The second-order valence-electron chi connectivity index (χ2n) is 13.3. The van der Waals surface area contributed by atoms with E-state index < -0.39 is 31.6 Å². The second-order valence-corrected chi connectivity index (χ2v) is 17.1. The van der Waals surface area contributed by atoms with Gasteiger partial charge in [0.25, 0.3) is 11.5 Å². The molecular weight excluding hydrogens is 642 g/mol. The number of rotatable bonds is 11. The SMILES string of the molecule is COc1cccn(-c2cccc(CN3C(=O)[C@]4(O[C@H](CC(=O)N(CCO)Cc5ccccc5)[C@@H]([Si](C)(C)F)[C@@H]4C)c4ccccc43)c2)c1=O. The molecule has 0 bridgehead atoms. The summed E-state index contributed by atoms with van der Waals surface area (Å²) in [6, 6.07) is 27.6. The van der Waals surface area contributed by atoms with Gasteiger partial charge in [-0.3, -0.25) is 19.0 Å². The monoisotopic (exact) mass is 683 g/mol. The number of hydrogen-bond acceptors (Lipinski definition) is 6. The number of pyridine rings is 1. The number of hydrogen-bond donors (Lipinski definition) is 1. The first kappa shape index (κ1) is 34.3. The molecule has 0 aliphatic carbocycles. The molecule has 0 unspecified atom stereocenters. The first-order valence-electron chi connectivity index (χ1n) is 16.5. The lowest BCUT2D eigenvalue weighted by molar-refractivity contribution is -0.150. The largest absolute Gasteiger partial charge is 0.491 e. The van der Waals surface area contributed by atoms with Crippen molar-refractivity contribution in [1.29, 1.82) is 0 Å². The van der Waals surface area contributed by atoms with Crippen molar-refractivity contribution in [2.75, 3.05) is 25.2 Å². The zero-order valence-electron chi connectivity index (χ0n) is 28.2. The summed E-state index contributed by atoms with van der Waals surface area (Å²) < 4.78 is 29.8. The first-order chi connectivity index (χ1) is 23.5. The van der Waals surface area contributed by atoms with Crippen LogP contribution in [0, 0.1) is 5.92 Å². The van der Waals surface area contributed by atoms with Crippen molar-refractivity contribution in [3.05, 3.63) is 124 Å². The van der Waals surface area contributed by atoms with E-state index in [0.717, 1.165) is 11.1 Å². The van der Waals surface area contributed by atoms with Gasteiger partial charge in [0.2, 0.25) is 14.3 Å². The fraction of sp³-hybridized carbons (Fsp3) is 0.342. The number of para-hydroxylation sites is 1. The van der Waals surface area contributed by atoms with Crippen LogP contribution in [0.4, 0.5) is 9.80 Å². The van der Waals surface area contributed by atoms with Gasteiger partial charge in [-0.05, 0) is 54.6 Å².